The molecule has 0 saturated heterocycles. The van der Waals surface area contributed by atoms with Crippen LogP contribution in [0, 0.1) is 5.92 Å². The van der Waals surface area contributed by atoms with Gasteiger partial charge in [0, 0.05) is 18.5 Å². The lowest BCUT2D eigenvalue weighted by atomic mass is 9.85. The highest BCUT2D eigenvalue weighted by atomic mass is 16.2. The van der Waals surface area contributed by atoms with E-state index in [1.54, 1.807) is 4.90 Å². The van der Waals surface area contributed by atoms with Gasteiger partial charge in [-0.25, -0.2) is 0 Å². The third-order valence-corrected chi connectivity index (χ3v) is 3.56. The summed E-state index contributed by atoms with van der Waals surface area (Å²) < 4.78 is 0. The van der Waals surface area contributed by atoms with Gasteiger partial charge in [0.25, 0.3) is 0 Å². The summed E-state index contributed by atoms with van der Waals surface area (Å²) in [7, 11) is 0. The second-order valence-electron chi connectivity index (χ2n) is 5.19. The normalized spacial score (nSPS) is 23.7. The fourth-order valence-electron chi connectivity index (χ4n) is 2.43. The van der Waals surface area contributed by atoms with Gasteiger partial charge in [-0.15, -0.1) is 0 Å². The van der Waals surface area contributed by atoms with E-state index in [1.807, 2.05) is 0 Å². The van der Waals surface area contributed by atoms with Gasteiger partial charge in [-0.2, -0.15) is 0 Å². The minimum atomic E-state index is -0.438. The van der Waals surface area contributed by atoms with E-state index in [4.69, 9.17) is 11.5 Å². The first-order chi connectivity index (χ1) is 8.54. The second-order valence-corrected chi connectivity index (χ2v) is 5.19. The van der Waals surface area contributed by atoms with Gasteiger partial charge >= 0.3 is 0 Å². The minimum Gasteiger partial charge on any atom is -0.368 e. The standard InChI is InChI=1S/C13H25N3O2/c1-2-3-8-16(9-12(15)17)13(18)10-4-6-11(14)7-5-10/h10-11H,2-9,14H2,1H3,(H2,15,17). The van der Waals surface area contributed by atoms with E-state index in [9.17, 15) is 9.59 Å². The van der Waals surface area contributed by atoms with E-state index in [1.165, 1.54) is 0 Å². The van der Waals surface area contributed by atoms with Crippen molar-refractivity contribution in [2.75, 3.05) is 13.1 Å². The summed E-state index contributed by atoms with van der Waals surface area (Å²) in [6.45, 7) is 2.73. The number of hydrogen-bond acceptors (Lipinski definition) is 3. The van der Waals surface area contributed by atoms with Crippen LogP contribution in [0.3, 0.4) is 0 Å². The molecular formula is C13H25N3O2. The van der Waals surface area contributed by atoms with E-state index in [2.05, 4.69) is 6.92 Å². The highest BCUT2D eigenvalue weighted by Crippen LogP contribution is 2.25. The van der Waals surface area contributed by atoms with Crippen LogP contribution in [0.15, 0.2) is 0 Å². The zero-order chi connectivity index (χ0) is 13.5. The first-order valence-corrected chi connectivity index (χ1v) is 6.87. The van der Waals surface area contributed by atoms with Crippen LogP contribution >= 0.6 is 0 Å². The van der Waals surface area contributed by atoms with Gasteiger partial charge in [0.15, 0.2) is 0 Å². The number of nitrogens with two attached hydrogens (primary N) is 2. The average molecular weight is 255 g/mol. The van der Waals surface area contributed by atoms with Crippen LogP contribution in [0.2, 0.25) is 0 Å². The van der Waals surface area contributed by atoms with E-state index < -0.39 is 5.91 Å². The molecule has 1 aliphatic rings. The molecule has 0 bridgehead atoms. The molecule has 5 nitrogen and oxygen atoms in total. The van der Waals surface area contributed by atoms with Crippen molar-refractivity contribution >= 4 is 11.8 Å². The van der Waals surface area contributed by atoms with Crippen molar-refractivity contribution in [3.63, 3.8) is 0 Å². The first kappa shape index (κ1) is 15.0. The summed E-state index contributed by atoms with van der Waals surface area (Å²) in [6, 6.07) is 0.231. The molecule has 0 aromatic carbocycles. The molecule has 0 heterocycles. The molecule has 0 radical (unpaired) electrons. The first-order valence-electron chi connectivity index (χ1n) is 6.87. The number of primary amides is 1. The molecule has 104 valence electrons. The van der Waals surface area contributed by atoms with Crippen LogP contribution in [0.25, 0.3) is 0 Å². The van der Waals surface area contributed by atoms with Gasteiger partial charge in [-0.1, -0.05) is 13.3 Å². The van der Waals surface area contributed by atoms with Crippen LogP contribution in [-0.2, 0) is 9.59 Å². The summed E-state index contributed by atoms with van der Waals surface area (Å²) >= 11 is 0. The minimum absolute atomic E-state index is 0.0287. The quantitative estimate of drug-likeness (QED) is 0.729. The van der Waals surface area contributed by atoms with Crippen LogP contribution < -0.4 is 11.5 Å². The highest BCUT2D eigenvalue weighted by Gasteiger charge is 2.28. The predicted molar refractivity (Wildman–Crippen MR) is 70.6 cm³/mol. The number of amides is 2. The predicted octanol–water partition coefficient (Wildman–Crippen LogP) is 0.618. The molecule has 18 heavy (non-hydrogen) atoms. The SMILES string of the molecule is CCCCN(CC(N)=O)C(=O)C1CCC(N)CC1. The summed E-state index contributed by atoms with van der Waals surface area (Å²) in [5.74, 6) is -0.331. The van der Waals surface area contributed by atoms with Crippen LogP contribution in [-0.4, -0.2) is 35.8 Å². The molecule has 2 amide bonds. The second kappa shape index (κ2) is 7.36. The lowest BCUT2D eigenvalue weighted by Gasteiger charge is -2.30. The number of nitrogens with zero attached hydrogens (tertiary/aromatic N) is 1. The summed E-state index contributed by atoms with van der Waals surface area (Å²) in [5, 5.41) is 0. The molecule has 0 aromatic rings. The van der Waals surface area contributed by atoms with Gasteiger partial charge in [0.05, 0.1) is 6.54 Å². The molecule has 0 spiro atoms. The van der Waals surface area contributed by atoms with Crippen molar-refractivity contribution in [1.29, 1.82) is 0 Å². The van der Waals surface area contributed by atoms with Crippen LogP contribution in [0.5, 0.6) is 0 Å². The average Bonchev–Trinajstić information content (AvgIpc) is 2.34. The number of hydrogen-bond donors (Lipinski definition) is 2. The molecule has 1 rings (SSSR count). The lowest BCUT2D eigenvalue weighted by molar-refractivity contribution is -0.139. The number of rotatable bonds is 6. The maximum Gasteiger partial charge on any atom is 0.237 e. The van der Waals surface area contributed by atoms with Crippen molar-refractivity contribution in [2.45, 2.75) is 51.5 Å². The van der Waals surface area contributed by atoms with Gasteiger partial charge < -0.3 is 16.4 Å². The van der Waals surface area contributed by atoms with Crippen molar-refractivity contribution in [1.82, 2.24) is 4.90 Å². The molecule has 1 saturated carbocycles. The molecule has 0 aromatic heterocycles. The maximum absolute atomic E-state index is 12.3. The zero-order valence-electron chi connectivity index (χ0n) is 11.2. The maximum atomic E-state index is 12.3. The van der Waals surface area contributed by atoms with E-state index in [-0.39, 0.29) is 24.4 Å². The Balaban J connectivity index is 2.54. The van der Waals surface area contributed by atoms with Gasteiger partial charge in [-0.3, -0.25) is 9.59 Å². The monoisotopic (exact) mass is 255 g/mol. The Labute approximate surface area is 109 Å². The Hall–Kier alpha value is -1.10. The Morgan fingerprint density at radius 2 is 1.83 bits per heavy atom. The summed E-state index contributed by atoms with van der Waals surface area (Å²) in [5.41, 5.74) is 11.0. The zero-order valence-corrected chi connectivity index (χ0v) is 11.2. The van der Waals surface area contributed by atoms with Gasteiger partial charge in [0.1, 0.15) is 0 Å². The number of carbonyl (C=O) groups is 2. The summed E-state index contributed by atoms with van der Waals surface area (Å²) in [6.07, 6.45) is 5.37. The molecule has 0 aliphatic heterocycles. The Morgan fingerprint density at radius 1 is 1.22 bits per heavy atom. The van der Waals surface area contributed by atoms with Crippen molar-refractivity contribution in [3.8, 4) is 0 Å². The van der Waals surface area contributed by atoms with E-state index >= 15 is 0 Å². The molecule has 4 N–H and O–H groups in total. The topological polar surface area (TPSA) is 89.4 Å². The van der Waals surface area contributed by atoms with Gasteiger partial charge in [-0.05, 0) is 32.1 Å². The Morgan fingerprint density at radius 3 is 2.33 bits per heavy atom. The largest absolute Gasteiger partial charge is 0.368 e. The van der Waals surface area contributed by atoms with E-state index in [0.29, 0.717) is 6.54 Å². The molecule has 0 unspecified atom stereocenters. The smallest absolute Gasteiger partial charge is 0.237 e. The fourth-order valence-corrected chi connectivity index (χ4v) is 2.43. The summed E-state index contributed by atoms with van der Waals surface area (Å²) in [4.78, 5) is 25.0. The van der Waals surface area contributed by atoms with E-state index in [0.717, 1.165) is 38.5 Å². The van der Waals surface area contributed by atoms with Gasteiger partial charge in [0.2, 0.25) is 11.8 Å². The Kier molecular flexibility index (Phi) is 6.12. The third-order valence-electron chi connectivity index (χ3n) is 3.56. The third kappa shape index (κ3) is 4.64. The van der Waals surface area contributed by atoms with Crippen molar-refractivity contribution in [3.05, 3.63) is 0 Å². The number of unbranched alkanes of at least 4 members (excludes halogenated alkanes) is 1. The lowest BCUT2D eigenvalue weighted by Crippen LogP contribution is -2.43. The number of carbonyl (C=O) groups excluding carboxylic acids is 2. The van der Waals surface area contributed by atoms with Crippen molar-refractivity contribution in [2.24, 2.45) is 17.4 Å². The molecule has 1 aliphatic carbocycles. The molecule has 5 heteroatoms. The molecule has 0 atom stereocenters. The molecule has 1 fully saturated rings. The van der Waals surface area contributed by atoms with Crippen molar-refractivity contribution < 1.29 is 9.59 Å². The molecular weight excluding hydrogens is 230 g/mol. The van der Waals surface area contributed by atoms with Crippen LogP contribution in [0.4, 0.5) is 0 Å². The highest BCUT2D eigenvalue weighted by molar-refractivity contribution is 5.85. The Bertz CT molecular complexity index is 286. The fraction of sp³-hybridized carbons (Fsp3) is 0.846. The van der Waals surface area contributed by atoms with Crippen LogP contribution in [0.1, 0.15) is 45.4 Å².